The Balaban J connectivity index is 4.88. The van der Waals surface area contributed by atoms with E-state index in [-0.39, 0.29) is 6.61 Å². The number of methoxy groups -OCH3 is 1. The normalized spacial score (nSPS) is 14.2. The molecule has 0 aromatic carbocycles. The molecular formula is C13H22N2O7. The fraction of sp³-hybridized carbons (Fsp3) is 0.692. The second-order valence-corrected chi connectivity index (χ2v) is 4.47. The van der Waals surface area contributed by atoms with Crippen LogP contribution in [0.25, 0.3) is 0 Å². The summed E-state index contributed by atoms with van der Waals surface area (Å²) in [5.74, 6) is -2.49. The highest BCUT2D eigenvalue weighted by molar-refractivity contribution is 5.88. The predicted octanol–water partition coefficient (Wildman–Crippen LogP) is -1.25. The van der Waals surface area contributed by atoms with E-state index < -0.39 is 42.0 Å². The molecule has 0 spiro atoms. The molecule has 0 saturated carbocycles. The third-order valence-electron chi connectivity index (χ3n) is 2.69. The number of carbonyl (C=O) groups is 4. The summed E-state index contributed by atoms with van der Waals surface area (Å²) in [4.78, 5) is 45.6. The number of esters is 3. The third kappa shape index (κ3) is 7.02. The molecular weight excluding hydrogens is 296 g/mol. The number of ether oxygens (including phenoxy) is 3. The van der Waals surface area contributed by atoms with Gasteiger partial charge >= 0.3 is 17.9 Å². The molecule has 1 amide bonds. The summed E-state index contributed by atoms with van der Waals surface area (Å²) in [6, 6.07) is -2.03. The van der Waals surface area contributed by atoms with Gasteiger partial charge in [-0.1, -0.05) is 0 Å². The molecule has 9 heteroatoms. The molecule has 0 unspecified atom stereocenters. The zero-order valence-corrected chi connectivity index (χ0v) is 13.3. The number of carbonyl (C=O) groups excluding carboxylic acids is 4. The van der Waals surface area contributed by atoms with Gasteiger partial charge in [-0.15, -0.1) is 0 Å². The van der Waals surface area contributed by atoms with Crippen molar-refractivity contribution in [2.24, 2.45) is 0 Å². The van der Waals surface area contributed by atoms with Gasteiger partial charge in [0.15, 0.2) is 6.04 Å². The summed E-state index contributed by atoms with van der Waals surface area (Å²) in [6.45, 7) is 3.64. The summed E-state index contributed by atoms with van der Waals surface area (Å²) in [7, 11) is 2.65. The smallest absolute Gasteiger partial charge is 0.332 e. The highest BCUT2D eigenvalue weighted by Crippen LogP contribution is 2.03. The van der Waals surface area contributed by atoms with Crippen molar-refractivity contribution in [3.8, 4) is 0 Å². The minimum atomic E-state index is -1.17. The Bertz CT molecular complexity index is 425. The Kier molecular flexibility index (Phi) is 8.76. The first-order valence-corrected chi connectivity index (χ1v) is 6.59. The molecule has 0 bridgehead atoms. The maximum absolute atomic E-state index is 12.1. The van der Waals surface area contributed by atoms with E-state index in [0.29, 0.717) is 0 Å². The number of likely N-dealkylation sites (N-methyl/N-ethyl adjacent to an activating group) is 1. The quantitative estimate of drug-likeness (QED) is 0.420. The van der Waals surface area contributed by atoms with Crippen LogP contribution in [0.4, 0.5) is 0 Å². The van der Waals surface area contributed by atoms with Crippen LogP contribution >= 0.6 is 0 Å². The maximum atomic E-state index is 12.1. The Morgan fingerprint density at radius 2 is 1.68 bits per heavy atom. The van der Waals surface area contributed by atoms with E-state index in [1.54, 1.807) is 0 Å². The van der Waals surface area contributed by atoms with E-state index >= 15 is 0 Å². The van der Waals surface area contributed by atoms with Crippen LogP contribution in [0, 0.1) is 0 Å². The third-order valence-corrected chi connectivity index (χ3v) is 2.69. The summed E-state index contributed by atoms with van der Waals surface area (Å²) in [5.41, 5.74) is 0. The molecule has 0 aromatic rings. The van der Waals surface area contributed by atoms with Gasteiger partial charge in [-0.05, 0) is 14.0 Å². The van der Waals surface area contributed by atoms with E-state index in [2.05, 4.69) is 15.4 Å². The monoisotopic (exact) mass is 318 g/mol. The van der Waals surface area contributed by atoms with Crippen molar-refractivity contribution in [3.05, 3.63) is 0 Å². The average molecular weight is 318 g/mol. The lowest BCUT2D eigenvalue weighted by Gasteiger charge is -2.24. The van der Waals surface area contributed by atoms with Crippen molar-refractivity contribution in [2.75, 3.05) is 20.8 Å². The van der Waals surface area contributed by atoms with Crippen molar-refractivity contribution >= 4 is 23.8 Å². The van der Waals surface area contributed by atoms with Gasteiger partial charge in [-0.25, -0.2) is 4.79 Å². The summed E-state index contributed by atoms with van der Waals surface area (Å²) in [5, 5.41) is 5.05. The molecule has 0 saturated heterocycles. The highest BCUT2D eigenvalue weighted by atomic mass is 16.6. The zero-order valence-electron chi connectivity index (χ0n) is 13.3. The first-order valence-electron chi connectivity index (χ1n) is 6.59. The van der Waals surface area contributed by atoms with Crippen molar-refractivity contribution < 1.29 is 33.4 Å². The average Bonchev–Trinajstić information content (AvgIpc) is 2.43. The van der Waals surface area contributed by atoms with E-state index in [9.17, 15) is 19.2 Å². The van der Waals surface area contributed by atoms with Crippen molar-refractivity contribution in [1.29, 1.82) is 0 Å². The number of hydrogen-bond donors (Lipinski definition) is 2. The molecule has 126 valence electrons. The van der Waals surface area contributed by atoms with Crippen LogP contribution in [0.3, 0.4) is 0 Å². The first kappa shape index (κ1) is 19.8. The lowest BCUT2D eigenvalue weighted by molar-refractivity contribution is -0.157. The lowest BCUT2D eigenvalue weighted by Crippen LogP contribution is -2.55. The standard InChI is InChI=1S/C13H22N2O7/c1-7(22-9(3)17)11(13(19)20-5)15-12(18)10(14-4)6-21-8(2)16/h7,10-11,14H,6H2,1-5H3,(H,15,18)/t7-,10+,11+/m1/s1. The van der Waals surface area contributed by atoms with E-state index in [1.165, 1.54) is 27.8 Å². The van der Waals surface area contributed by atoms with Gasteiger partial charge in [0.25, 0.3) is 0 Å². The molecule has 0 aliphatic heterocycles. The number of rotatable bonds is 8. The van der Waals surface area contributed by atoms with Crippen LogP contribution in [0.2, 0.25) is 0 Å². The van der Waals surface area contributed by atoms with Gasteiger partial charge in [-0.3, -0.25) is 14.4 Å². The highest BCUT2D eigenvalue weighted by Gasteiger charge is 2.32. The molecule has 0 aliphatic rings. The first-order chi connectivity index (χ1) is 10.2. The molecule has 0 aliphatic carbocycles. The van der Waals surface area contributed by atoms with Gasteiger partial charge in [0, 0.05) is 13.8 Å². The SMILES string of the molecule is CN[C@@H](COC(C)=O)C(=O)N[C@H](C(=O)OC)[C@@H](C)OC(C)=O. The lowest BCUT2D eigenvalue weighted by atomic mass is 10.1. The number of nitrogens with one attached hydrogen (secondary N) is 2. The second-order valence-electron chi connectivity index (χ2n) is 4.47. The van der Waals surface area contributed by atoms with Crippen LogP contribution in [0.1, 0.15) is 20.8 Å². The van der Waals surface area contributed by atoms with E-state index in [4.69, 9.17) is 9.47 Å². The fourth-order valence-electron chi connectivity index (χ4n) is 1.57. The van der Waals surface area contributed by atoms with Crippen LogP contribution in [-0.4, -0.2) is 62.8 Å². The van der Waals surface area contributed by atoms with Crippen LogP contribution in [-0.2, 0) is 33.4 Å². The second kappa shape index (κ2) is 9.72. The van der Waals surface area contributed by atoms with Crippen LogP contribution < -0.4 is 10.6 Å². The molecule has 0 heterocycles. The fourth-order valence-corrected chi connectivity index (χ4v) is 1.57. The molecule has 3 atom stereocenters. The zero-order chi connectivity index (χ0) is 17.3. The molecule has 0 radical (unpaired) electrons. The minimum Gasteiger partial charge on any atom is -0.467 e. The Labute approximate surface area is 128 Å². The molecule has 0 aromatic heterocycles. The molecule has 2 N–H and O–H groups in total. The number of amides is 1. The van der Waals surface area contributed by atoms with Gasteiger partial charge in [-0.2, -0.15) is 0 Å². The molecule has 9 nitrogen and oxygen atoms in total. The van der Waals surface area contributed by atoms with Crippen molar-refractivity contribution in [2.45, 2.75) is 39.0 Å². The van der Waals surface area contributed by atoms with Crippen LogP contribution in [0.5, 0.6) is 0 Å². The van der Waals surface area contributed by atoms with E-state index in [1.807, 2.05) is 0 Å². The summed E-state index contributed by atoms with van der Waals surface area (Å²) in [6.07, 6.45) is -0.917. The minimum absolute atomic E-state index is 0.201. The molecule has 0 rings (SSSR count). The largest absolute Gasteiger partial charge is 0.467 e. The predicted molar refractivity (Wildman–Crippen MR) is 74.7 cm³/mol. The van der Waals surface area contributed by atoms with Crippen molar-refractivity contribution in [1.82, 2.24) is 10.6 Å². The van der Waals surface area contributed by atoms with Gasteiger partial charge in [0.1, 0.15) is 18.8 Å². The van der Waals surface area contributed by atoms with Crippen LogP contribution in [0.15, 0.2) is 0 Å². The maximum Gasteiger partial charge on any atom is 0.332 e. The Hall–Kier alpha value is -2.16. The number of hydrogen-bond acceptors (Lipinski definition) is 8. The topological polar surface area (TPSA) is 120 Å². The van der Waals surface area contributed by atoms with E-state index in [0.717, 1.165) is 7.11 Å². The molecule has 0 fully saturated rings. The molecule has 22 heavy (non-hydrogen) atoms. The van der Waals surface area contributed by atoms with Crippen molar-refractivity contribution in [3.63, 3.8) is 0 Å². The van der Waals surface area contributed by atoms with Gasteiger partial charge in [0.05, 0.1) is 7.11 Å². The van der Waals surface area contributed by atoms with Gasteiger partial charge < -0.3 is 24.8 Å². The van der Waals surface area contributed by atoms with Gasteiger partial charge in [0.2, 0.25) is 5.91 Å². The Morgan fingerprint density at radius 1 is 1.09 bits per heavy atom. The summed E-state index contributed by atoms with van der Waals surface area (Å²) >= 11 is 0. The Morgan fingerprint density at radius 3 is 2.09 bits per heavy atom. The summed E-state index contributed by atoms with van der Waals surface area (Å²) < 4.78 is 14.2.